The zero-order valence-corrected chi connectivity index (χ0v) is 8.22. The summed E-state index contributed by atoms with van der Waals surface area (Å²) < 4.78 is 4.81. The molecule has 15 heavy (non-hydrogen) atoms. The van der Waals surface area contributed by atoms with Gasteiger partial charge in [-0.25, -0.2) is 0 Å². The lowest BCUT2D eigenvalue weighted by atomic mass is 10.2. The van der Waals surface area contributed by atoms with Crippen LogP contribution in [0.2, 0.25) is 0 Å². The van der Waals surface area contributed by atoms with Gasteiger partial charge in [-0.2, -0.15) is 0 Å². The van der Waals surface area contributed by atoms with Crippen molar-refractivity contribution in [2.24, 2.45) is 0 Å². The van der Waals surface area contributed by atoms with E-state index >= 15 is 0 Å². The summed E-state index contributed by atoms with van der Waals surface area (Å²) in [6, 6.07) is 9.26. The van der Waals surface area contributed by atoms with Gasteiger partial charge in [0.05, 0.1) is 6.42 Å². The highest BCUT2D eigenvalue weighted by Gasteiger charge is 2.10. The highest BCUT2D eigenvalue weighted by Crippen LogP contribution is 2.02. The van der Waals surface area contributed by atoms with Crippen LogP contribution >= 0.6 is 0 Å². The van der Waals surface area contributed by atoms with Gasteiger partial charge in [-0.05, 0) is 12.1 Å². The van der Waals surface area contributed by atoms with Gasteiger partial charge in [0.1, 0.15) is 0 Å². The van der Waals surface area contributed by atoms with Crippen LogP contribution in [0.25, 0.3) is 4.98 Å². The number of hydrogen-bond donors (Lipinski definition) is 0. The van der Waals surface area contributed by atoms with Crippen molar-refractivity contribution >= 4 is 5.97 Å². The lowest BCUT2D eigenvalue weighted by Crippen LogP contribution is -2.09. The highest BCUT2D eigenvalue weighted by atomic mass is 16.5. The maximum absolute atomic E-state index is 11.2. The smallest absolute Gasteiger partial charge is 0.391 e. The van der Waals surface area contributed by atoms with Crippen molar-refractivity contribution in [1.29, 1.82) is 5.39 Å². The van der Waals surface area contributed by atoms with Gasteiger partial charge in [0.2, 0.25) is 5.39 Å². The van der Waals surface area contributed by atoms with E-state index in [9.17, 15) is 4.79 Å². The molecule has 4 heteroatoms. The highest BCUT2D eigenvalue weighted by molar-refractivity contribution is 5.72. The number of rotatable bonds is 4. The minimum absolute atomic E-state index is 0.0812. The predicted molar refractivity (Wildman–Crippen MR) is 55.3 cm³/mol. The molecule has 0 heterocycles. The molecule has 4 nitrogen and oxygen atoms in total. The zero-order chi connectivity index (χ0) is 11.1. The van der Waals surface area contributed by atoms with Crippen LogP contribution in [0.3, 0.4) is 0 Å². The van der Waals surface area contributed by atoms with Crippen molar-refractivity contribution in [3.05, 3.63) is 53.1 Å². The van der Waals surface area contributed by atoms with Crippen molar-refractivity contribution in [2.75, 3.05) is 6.61 Å². The number of carbonyl (C=O) groups is 1. The molecule has 0 spiro atoms. The number of diazo groups is 1. The summed E-state index contributed by atoms with van der Waals surface area (Å²) >= 11 is 0. The number of hydrogen-bond acceptors (Lipinski definition) is 3. The minimum Gasteiger partial charge on any atom is -0.453 e. The molecule has 1 aromatic rings. The Morgan fingerprint density at radius 1 is 1.40 bits per heavy atom. The van der Waals surface area contributed by atoms with E-state index in [-0.39, 0.29) is 24.7 Å². The Kier molecular flexibility index (Phi) is 4.05. The van der Waals surface area contributed by atoms with Crippen LogP contribution in [0.15, 0.2) is 42.6 Å². The van der Waals surface area contributed by atoms with Crippen molar-refractivity contribution in [3.8, 4) is 0 Å². The van der Waals surface area contributed by atoms with Crippen molar-refractivity contribution in [3.63, 3.8) is 0 Å². The summed E-state index contributed by atoms with van der Waals surface area (Å²) in [6.07, 6.45) is 0.208. The van der Waals surface area contributed by atoms with Crippen LogP contribution in [0.1, 0.15) is 5.56 Å². The number of esters is 1. The van der Waals surface area contributed by atoms with Gasteiger partial charge in [-0.15, -0.1) is 0 Å². The Balaban J connectivity index is 2.38. The number of nitrogens with zero attached hydrogens (tertiary/aromatic N) is 2. The van der Waals surface area contributed by atoms with E-state index in [1.54, 1.807) is 0 Å². The fraction of sp³-hybridized carbons (Fsp3) is 0.182. The molecule has 0 aromatic heterocycles. The monoisotopic (exact) mass is 203 g/mol. The lowest BCUT2D eigenvalue weighted by molar-refractivity contribution is -0.141. The minimum atomic E-state index is -0.369. The van der Waals surface area contributed by atoms with Gasteiger partial charge in [-0.1, -0.05) is 30.3 Å². The second-order valence-corrected chi connectivity index (χ2v) is 2.99. The molecular weight excluding hydrogens is 192 g/mol. The van der Waals surface area contributed by atoms with Gasteiger partial charge in [-0.3, -0.25) is 4.79 Å². The summed E-state index contributed by atoms with van der Waals surface area (Å²) in [5, 5.41) is 8.27. The molecule has 0 N–H and O–H groups in total. The van der Waals surface area contributed by atoms with Crippen LogP contribution in [0.5, 0.6) is 0 Å². The first kappa shape index (κ1) is 10.9. The molecule has 0 aliphatic heterocycles. The maximum Gasteiger partial charge on any atom is 0.391 e. The first-order valence-electron chi connectivity index (χ1n) is 4.45. The summed E-state index contributed by atoms with van der Waals surface area (Å²) in [5.41, 5.74) is 1.01. The molecule has 0 amide bonds. The molecule has 0 unspecified atom stereocenters. The van der Waals surface area contributed by atoms with E-state index < -0.39 is 0 Å². The number of benzene rings is 1. The molecule has 0 saturated carbocycles. The predicted octanol–water partition coefficient (Wildman–Crippen LogP) is 2.14. The average Bonchev–Trinajstić information content (AvgIpc) is 2.27. The van der Waals surface area contributed by atoms with Crippen molar-refractivity contribution in [2.45, 2.75) is 6.42 Å². The van der Waals surface area contributed by atoms with E-state index in [2.05, 4.69) is 11.6 Å². The summed E-state index contributed by atoms with van der Waals surface area (Å²) in [5.74, 6) is -0.369. The summed E-state index contributed by atoms with van der Waals surface area (Å²) in [6.45, 7) is 3.28. The Morgan fingerprint density at radius 3 is 2.67 bits per heavy atom. The Hall–Kier alpha value is -2.15. The Bertz CT molecular complexity index is 393. The summed E-state index contributed by atoms with van der Waals surface area (Å²) in [7, 11) is 0. The topological polar surface area (TPSA) is 54.5 Å². The summed E-state index contributed by atoms with van der Waals surface area (Å²) in [4.78, 5) is 14.0. The number of carbonyl (C=O) groups excluding carboxylic acids is 1. The third-order valence-corrected chi connectivity index (χ3v) is 1.73. The maximum atomic E-state index is 11.2. The van der Waals surface area contributed by atoms with Crippen LogP contribution in [0.4, 0.5) is 0 Å². The van der Waals surface area contributed by atoms with Gasteiger partial charge < -0.3 is 4.74 Å². The SMILES string of the molecule is C=C(COC(=O)Cc1ccccc1)[N+]#N. The molecule has 1 rings (SSSR count). The second kappa shape index (κ2) is 5.55. The quantitative estimate of drug-likeness (QED) is 0.556. The molecule has 0 aliphatic carbocycles. The van der Waals surface area contributed by atoms with E-state index in [0.29, 0.717) is 0 Å². The van der Waals surface area contributed by atoms with Crippen LogP contribution < -0.4 is 0 Å². The largest absolute Gasteiger partial charge is 0.453 e. The van der Waals surface area contributed by atoms with Gasteiger partial charge >= 0.3 is 11.7 Å². The van der Waals surface area contributed by atoms with Crippen LogP contribution in [-0.4, -0.2) is 12.6 Å². The second-order valence-electron chi connectivity index (χ2n) is 2.99. The number of ether oxygens (including phenoxy) is 1. The van der Waals surface area contributed by atoms with Gasteiger partial charge in [0.25, 0.3) is 0 Å². The molecule has 1 aromatic carbocycles. The average molecular weight is 203 g/mol. The van der Waals surface area contributed by atoms with E-state index in [1.807, 2.05) is 30.3 Å². The first-order valence-corrected chi connectivity index (χ1v) is 4.45. The fourth-order valence-corrected chi connectivity index (χ4v) is 1.01. The normalized spacial score (nSPS) is 9.00. The van der Waals surface area contributed by atoms with Gasteiger partial charge in [0, 0.05) is 0 Å². The molecule has 0 fully saturated rings. The Labute approximate surface area is 87.8 Å². The molecule has 0 bridgehead atoms. The Morgan fingerprint density at radius 2 is 2.07 bits per heavy atom. The fourth-order valence-electron chi connectivity index (χ4n) is 1.01. The molecular formula is C11H11N2O2+. The third-order valence-electron chi connectivity index (χ3n) is 1.73. The van der Waals surface area contributed by atoms with E-state index in [4.69, 9.17) is 10.1 Å². The van der Waals surface area contributed by atoms with E-state index in [1.165, 1.54) is 0 Å². The third kappa shape index (κ3) is 4.05. The van der Waals surface area contributed by atoms with Crippen molar-refractivity contribution in [1.82, 2.24) is 0 Å². The van der Waals surface area contributed by atoms with Crippen LogP contribution in [-0.2, 0) is 16.0 Å². The van der Waals surface area contributed by atoms with E-state index in [0.717, 1.165) is 5.56 Å². The van der Waals surface area contributed by atoms with Crippen molar-refractivity contribution < 1.29 is 9.53 Å². The molecule has 76 valence electrons. The molecule has 0 radical (unpaired) electrons. The lowest BCUT2D eigenvalue weighted by Gasteiger charge is -2.00. The standard InChI is InChI=1S/C11H11N2O2/c1-9(13-12)8-15-11(14)7-10-5-3-2-4-6-10/h2-6H,1,7-8H2/q+1. The van der Waals surface area contributed by atoms with Gasteiger partial charge in [0.15, 0.2) is 11.6 Å². The molecule has 0 saturated heterocycles. The zero-order valence-electron chi connectivity index (χ0n) is 8.22. The molecule has 0 atom stereocenters. The van der Waals surface area contributed by atoms with Crippen LogP contribution in [0, 0.1) is 5.39 Å². The molecule has 0 aliphatic rings. The first-order chi connectivity index (χ1) is 7.22.